The molecule has 0 aliphatic carbocycles. The lowest BCUT2D eigenvalue weighted by Crippen LogP contribution is -2.49. The van der Waals surface area contributed by atoms with Crippen molar-refractivity contribution in [1.82, 2.24) is 0 Å². The first kappa shape index (κ1) is 19.3. The second-order valence-corrected chi connectivity index (χ2v) is 8.75. The Labute approximate surface area is 164 Å². The van der Waals surface area contributed by atoms with Gasteiger partial charge in [-0.25, -0.2) is 8.42 Å². The number of ether oxygens (including phenoxy) is 4. The van der Waals surface area contributed by atoms with Gasteiger partial charge < -0.3 is 18.9 Å². The molecule has 0 amide bonds. The van der Waals surface area contributed by atoms with Gasteiger partial charge in [0.25, 0.3) is 0 Å². The first-order chi connectivity index (χ1) is 13.5. The van der Waals surface area contributed by atoms with E-state index < -0.39 is 34.6 Å². The van der Waals surface area contributed by atoms with Crippen LogP contribution in [0.3, 0.4) is 0 Å². The fourth-order valence-corrected chi connectivity index (χ4v) is 4.91. The lowest BCUT2D eigenvalue weighted by molar-refractivity contribution is -0.282. The van der Waals surface area contributed by atoms with Crippen molar-refractivity contribution in [3.8, 4) is 0 Å². The van der Waals surface area contributed by atoms with Crippen molar-refractivity contribution in [1.29, 1.82) is 0 Å². The fourth-order valence-electron chi connectivity index (χ4n) is 3.34. The van der Waals surface area contributed by atoms with Crippen molar-refractivity contribution in [2.75, 3.05) is 13.7 Å². The number of rotatable bonds is 4. The molecular weight excluding hydrogens is 380 g/mol. The smallest absolute Gasteiger partial charge is 0.205 e. The lowest BCUT2D eigenvalue weighted by atomic mass is 10.1. The van der Waals surface area contributed by atoms with Crippen LogP contribution in [0, 0.1) is 6.92 Å². The van der Waals surface area contributed by atoms with Gasteiger partial charge in [-0.3, -0.25) is 0 Å². The van der Waals surface area contributed by atoms with Crippen molar-refractivity contribution in [3.05, 3.63) is 76.7 Å². The van der Waals surface area contributed by atoms with Gasteiger partial charge in [-0.1, -0.05) is 48.0 Å². The summed E-state index contributed by atoms with van der Waals surface area (Å²) < 4.78 is 49.6. The molecule has 0 spiro atoms. The molecular formula is C21H22O6S. The molecule has 2 aromatic carbocycles. The summed E-state index contributed by atoms with van der Waals surface area (Å²) in [5.74, 6) is 0. The van der Waals surface area contributed by atoms with Crippen LogP contribution in [0.5, 0.6) is 0 Å². The number of hydrogen-bond acceptors (Lipinski definition) is 6. The Morgan fingerprint density at radius 1 is 1.00 bits per heavy atom. The van der Waals surface area contributed by atoms with Gasteiger partial charge in [0.2, 0.25) is 9.84 Å². The van der Waals surface area contributed by atoms with Gasteiger partial charge in [0.1, 0.15) is 12.2 Å². The quantitative estimate of drug-likeness (QED) is 0.783. The summed E-state index contributed by atoms with van der Waals surface area (Å²) in [6, 6.07) is 16.2. The minimum Gasteiger partial charge on any atom is -0.352 e. The van der Waals surface area contributed by atoms with Gasteiger partial charge in [0, 0.05) is 12.7 Å². The summed E-state index contributed by atoms with van der Waals surface area (Å²) in [5, 5.41) is 0. The summed E-state index contributed by atoms with van der Waals surface area (Å²) in [4.78, 5) is 0.356. The molecule has 2 aliphatic rings. The van der Waals surface area contributed by atoms with Crippen molar-refractivity contribution >= 4 is 9.84 Å². The fraction of sp³-hybridized carbons (Fsp3) is 0.333. The Morgan fingerprint density at radius 2 is 1.71 bits per heavy atom. The van der Waals surface area contributed by atoms with Crippen LogP contribution in [-0.4, -0.2) is 40.6 Å². The first-order valence-electron chi connectivity index (χ1n) is 9.03. The van der Waals surface area contributed by atoms with Crippen molar-refractivity contribution in [2.24, 2.45) is 0 Å². The van der Waals surface area contributed by atoms with E-state index in [2.05, 4.69) is 0 Å². The molecule has 0 aromatic heterocycles. The van der Waals surface area contributed by atoms with E-state index in [-0.39, 0.29) is 16.4 Å². The van der Waals surface area contributed by atoms with Crippen LogP contribution >= 0.6 is 0 Å². The van der Waals surface area contributed by atoms with Crippen LogP contribution in [0.4, 0.5) is 0 Å². The molecule has 2 aromatic rings. The van der Waals surface area contributed by atoms with Crippen LogP contribution in [0.2, 0.25) is 0 Å². The number of fused-ring (bicyclic) bond motifs is 1. The van der Waals surface area contributed by atoms with Gasteiger partial charge in [-0.2, -0.15) is 0 Å². The minimum absolute atomic E-state index is 0.142. The molecule has 7 heteroatoms. The van der Waals surface area contributed by atoms with Gasteiger partial charge in [-0.05, 0) is 25.1 Å². The molecule has 148 valence electrons. The summed E-state index contributed by atoms with van der Waals surface area (Å²) in [6.07, 6.45) is -1.33. The highest BCUT2D eigenvalue weighted by Crippen LogP contribution is 2.38. The Morgan fingerprint density at radius 3 is 2.39 bits per heavy atom. The van der Waals surface area contributed by atoms with E-state index in [0.29, 0.717) is 0 Å². The maximum absolute atomic E-state index is 13.4. The third-order valence-electron chi connectivity index (χ3n) is 4.86. The topological polar surface area (TPSA) is 71.1 Å². The van der Waals surface area contributed by atoms with Gasteiger partial charge >= 0.3 is 0 Å². The van der Waals surface area contributed by atoms with Crippen molar-refractivity contribution in [3.63, 3.8) is 0 Å². The maximum atomic E-state index is 13.4. The average molecular weight is 402 g/mol. The predicted octanol–water partition coefficient (Wildman–Crippen LogP) is 3.14. The minimum atomic E-state index is -3.78. The molecule has 1 saturated heterocycles. The zero-order valence-electron chi connectivity index (χ0n) is 15.6. The largest absolute Gasteiger partial charge is 0.352 e. The predicted molar refractivity (Wildman–Crippen MR) is 102 cm³/mol. The molecule has 0 N–H and O–H groups in total. The van der Waals surface area contributed by atoms with Crippen LogP contribution in [0.1, 0.15) is 17.4 Å². The summed E-state index contributed by atoms with van der Waals surface area (Å²) in [6.45, 7) is 2.11. The van der Waals surface area contributed by atoms with E-state index in [4.69, 9.17) is 18.9 Å². The van der Waals surface area contributed by atoms with Gasteiger partial charge in [-0.15, -0.1) is 0 Å². The Hall–Kier alpha value is -2.03. The normalized spacial score (nSPS) is 27.7. The molecule has 4 atom stereocenters. The monoisotopic (exact) mass is 402 g/mol. The van der Waals surface area contributed by atoms with E-state index in [1.54, 1.807) is 24.3 Å². The third kappa shape index (κ3) is 3.64. The second kappa shape index (κ2) is 7.77. The van der Waals surface area contributed by atoms with Crippen molar-refractivity contribution in [2.45, 2.75) is 36.6 Å². The van der Waals surface area contributed by atoms with Gasteiger partial charge in [0.15, 0.2) is 12.6 Å². The lowest BCUT2D eigenvalue weighted by Gasteiger charge is -2.41. The maximum Gasteiger partial charge on any atom is 0.205 e. The van der Waals surface area contributed by atoms with Crippen molar-refractivity contribution < 1.29 is 27.4 Å². The zero-order valence-corrected chi connectivity index (χ0v) is 16.5. The van der Waals surface area contributed by atoms with E-state index in [9.17, 15) is 8.42 Å². The summed E-state index contributed by atoms with van der Waals surface area (Å²) in [5.41, 5.74) is 1.81. The average Bonchev–Trinajstić information content (AvgIpc) is 2.73. The molecule has 1 unspecified atom stereocenters. The molecule has 0 radical (unpaired) electrons. The van der Waals surface area contributed by atoms with Gasteiger partial charge in [0.05, 0.1) is 16.4 Å². The number of methoxy groups -OCH3 is 1. The highest BCUT2D eigenvalue weighted by molar-refractivity contribution is 7.95. The van der Waals surface area contributed by atoms with Crippen LogP contribution in [0.15, 0.2) is 70.5 Å². The summed E-state index contributed by atoms with van der Waals surface area (Å²) in [7, 11) is -2.31. The molecule has 0 saturated carbocycles. The molecule has 1 fully saturated rings. The molecule has 6 nitrogen and oxygen atoms in total. The van der Waals surface area contributed by atoms with E-state index >= 15 is 0 Å². The second-order valence-electron chi connectivity index (χ2n) is 6.80. The molecule has 4 rings (SSSR count). The number of benzene rings is 2. The SMILES string of the molecule is CO[C@H]1C=C(S(=O)(=O)c2ccc(C)cc2)[C@@H]2OC(c3ccccc3)OC[C@H]2O1. The first-order valence-corrected chi connectivity index (χ1v) is 10.5. The standard InChI is InChI=1S/C21H22O6S/c1-14-8-10-16(11-9-14)28(22,23)18-12-19(24-2)26-17-13-25-21(27-20(17)18)15-6-4-3-5-7-15/h3-12,17,19-21H,13H2,1-2H3/t17-,19-,20-,21?/m1/s1. The number of hydrogen-bond donors (Lipinski definition) is 0. The molecule has 2 heterocycles. The van der Waals surface area contributed by atoms with E-state index in [1.807, 2.05) is 37.3 Å². The molecule has 28 heavy (non-hydrogen) atoms. The Balaban J connectivity index is 1.71. The van der Waals surface area contributed by atoms with Crippen LogP contribution < -0.4 is 0 Å². The summed E-state index contributed by atoms with van der Waals surface area (Å²) >= 11 is 0. The van der Waals surface area contributed by atoms with E-state index in [1.165, 1.54) is 13.2 Å². The number of aryl methyl sites for hydroxylation is 1. The van der Waals surface area contributed by atoms with Crippen LogP contribution in [-0.2, 0) is 28.8 Å². The Kier molecular flexibility index (Phi) is 5.35. The molecule has 0 bridgehead atoms. The highest BCUT2D eigenvalue weighted by atomic mass is 32.2. The number of sulfone groups is 1. The Bertz CT molecular complexity index is 952. The van der Waals surface area contributed by atoms with E-state index in [0.717, 1.165) is 11.1 Å². The third-order valence-corrected chi connectivity index (χ3v) is 6.74. The highest BCUT2D eigenvalue weighted by Gasteiger charge is 2.45. The van der Waals surface area contributed by atoms with Crippen LogP contribution in [0.25, 0.3) is 0 Å². The molecule has 2 aliphatic heterocycles. The zero-order chi connectivity index (χ0) is 19.7.